The number of likely N-dealkylation sites (tertiary alicyclic amines) is 1. The van der Waals surface area contributed by atoms with E-state index in [0.29, 0.717) is 25.0 Å². The smallest absolute Gasteiger partial charge is 0.389 e. The van der Waals surface area contributed by atoms with Crippen molar-refractivity contribution >= 4 is 23.3 Å². The number of aryl methyl sites for hydroxylation is 2. The van der Waals surface area contributed by atoms with Gasteiger partial charge in [-0.3, -0.25) is 10.00 Å². The number of aliphatic hydroxyl groups is 2. The summed E-state index contributed by atoms with van der Waals surface area (Å²) < 4.78 is 55.8. The highest BCUT2D eigenvalue weighted by Gasteiger charge is 2.37. The van der Waals surface area contributed by atoms with Gasteiger partial charge in [-0.2, -0.15) is 23.3 Å². The molecule has 1 saturated heterocycles. The van der Waals surface area contributed by atoms with E-state index in [-0.39, 0.29) is 29.4 Å². The number of rotatable bonds is 6. The third-order valence-electron chi connectivity index (χ3n) is 7.59. The van der Waals surface area contributed by atoms with Crippen LogP contribution in [0.5, 0.6) is 0 Å². The van der Waals surface area contributed by atoms with Gasteiger partial charge < -0.3 is 20.8 Å². The molecule has 2 aromatic heterocycles. The molecule has 1 aliphatic heterocycles. The molecule has 5 rings (SSSR count). The number of nitrogens with zero attached hydrogens (tertiary/aromatic N) is 4. The average molecular weight is 550 g/mol. The molecule has 9 nitrogen and oxygen atoms in total. The van der Waals surface area contributed by atoms with E-state index in [9.17, 15) is 23.4 Å². The van der Waals surface area contributed by atoms with Crippen molar-refractivity contribution in [3.63, 3.8) is 0 Å². The summed E-state index contributed by atoms with van der Waals surface area (Å²) in [6.07, 6.45) is -2.01. The summed E-state index contributed by atoms with van der Waals surface area (Å²) >= 11 is 0. The minimum absolute atomic E-state index is 0.0614. The second kappa shape index (κ2) is 10.7. The van der Waals surface area contributed by atoms with Crippen molar-refractivity contribution in [3.05, 3.63) is 52.6 Å². The molecule has 2 fully saturated rings. The van der Waals surface area contributed by atoms with Crippen LogP contribution in [0.4, 0.5) is 40.8 Å². The van der Waals surface area contributed by atoms with Crippen molar-refractivity contribution in [2.75, 3.05) is 23.7 Å². The van der Waals surface area contributed by atoms with Crippen molar-refractivity contribution in [1.29, 1.82) is 0 Å². The number of aromatic amines is 1. The molecule has 0 radical (unpaired) electrons. The summed E-state index contributed by atoms with van der Waals surface area (Å²) in [7, 11) is 0. The molecule has 3 heterocycles. The molecule has 0 bridgehead atoms. The van der Waals surface area contributed by atoms with Crippen LogP contribution in [0.15, 0.2) is 24.4 Å². The van der Waals surface area contributed by atoms with Gasteiger partial charge in [0.25, 0.3) is 0 Å². The van der Waals surface area contributed by atoms with Gasteiger partial charge >= 0.3 is 6.18 Å². The molecular formula is C26H31F4N7O2. The van der Waals surface area contributed by atoms with Gasteiger partial charge in [0.2, 0.25) is 5.95 Å². The normalized spacial score (nSPS) is 24.2. The first-order valence-corrected chi connectivity index (χ1v) is 12.9. The molecule has 0 spiro atoms. The fourth-order valence-corrected chi connectivity index (χ4v) is 5.55. The number of benzene rings is 1. The van der Waals surface area contributed by atoms with E-state index < -0.39 is 35.6 Å². The van der Waals surface area contributed by atoms with Gasteiger partial charge in [0, 0.05) is 37.1 Å². The largest absolute Gasteiger partial charge is 0.421 e. The molecule has 3 aromatic rings. The van der Waals surface area contributed by atoms with E-state index in [1.807, 2.05) is 6.92 Å². The monoisotopic (exact) mass is 549 g/mol. The molecule has 39 heavy (non-hydrogen) atoms. The average Bonchev–Trinajstić information content (AvgIpc) is 3.44. The SMILES string of the molecule is Cc1cc(Nc2nc(Nc3cc(C)c([C@H]4CC[C@@H](N5C[C@@H](O)[C@H](O)C5)CC4)cc3F)ncc2C(F)(F)F)n[nH]1. The van der Waals surface area contributed by atoms with Crippen molar-refractivity contribution in [3.8, 4) is 0 Å². The topological polar surface area (TPSA) is 122 Å². The van der Waals surface area contributed by atoms with Gasteiger partial charge in [-0.15, -0.1) is 0 Å². The molecule has 210 valence electrons. The standard InChI is InChI=1S/C26H31F4N7O2/c1-13-7-20(19(27)9-17(13)15-3-5-16(6-4-15)37-11-21(38)22(39)12-37)32-25-31-10-18(26(28,29)30)24(34-25)33-23-8-14(2)35-36-23/h7-10,15-16,21-22,38-39H,3-6,11-12H2,1-2H3,(H3,31,32,33,34,35,36)/t15-,16+,21-,22-/m1/s1. The number of aromatic nitrogens is 4. The Morgan fingerprint density at radius 1 is 1.00 bits per heavy atom. The Kier molecular flexibility index (Phi) is 7.49. The molecular weight excluding hydrogens is 518 g/mol. The number of alkyl halides is 3. The van der Waals surface area contributed by atoms with E-state index in [4.69, 9.17) is 0 Å². The van der Waals surface area contributed by atoms with Crippen LogP contribution in [0.25, 0.3) is 0 Å². The number of nitrogens with one attached hydrogen (secondary N) is 3. The van der Waals surface area contributed by atoms with Crippen LogP contribution in [0.1, 0.15) is 54.0 Å². The Labute approximate surface area is 222 Å². The second-order valence-corrected chi connectivity index (χ2v) is 10.4. The number of hydrogen-bond acceptors (Lipinski definition) is 8. The van der Waals surface area contributed by atoms with Crippen LogP contribution in [0.2, 0.25) is 0 Å². The van der Waals surface area contributed by atoms with E-state index in [1.54, 1.807) is 13.0 Å². The van der Waals surface area contributed by atoms with Gasteiger partial charge in [-0.1, -0.05) is 0 Å². The fraction of sp³-hybridized carbons (Fsp3) is 0.500. The highest BCUT2D eigenvalue weighted by molar-refractivity contribution is 5.62. The molecule has 2 aliphatic rings. The zero-order valence-electron chi connectivity index (χ0n) is 21.6. The molecule has 13 heteroatoms. The molecule has 5 N–H and O–H groups in total. The number of aliphatic hydroxyl groups excluding tert-OH is 2. The number of hydrogen-bond donors (Lipinski definition) is 5. The molecule has 1 saturated carbocycles. The maximum atomic E-state index is 15.2. The lowest BCUT2D eigenvalue weighted by Gasteiger charge is -2.35. The number of H-pyrrole nitrogens is 1. The first-order valence-electron chi connectivity index (χ1n) is 12.9. The van der Waals surface area contributed by atoms with Gasteiger partial charge in [0.05, 0.1) is 17.9 Å². The van der Waals surface area contributed by atoms with Crippen LogP contribution < -0.4 is 10.6 Å². The van der Waals surface area contributed by atoms with E-state index >= 15 is 4.39 Å². The molecule has 0 unspecified atom stereocenters. The lowest BCUT2D eigenvalue weighted by atomic mass is 9.79. The summed E-state index contributed by atoms with van der Waals surface area (Å²) in [6, 6.07) is 4.91. The fourth-order valence-electron chi connectivity index (χ4n) is 5.55. The minimum Gasteiger partial charge on any atom is -0.389 e. The van der Waals surface area contributed by atoms with Crippen LogP contribution in [-0.4, -0.2) is 66.6 Å². The first-order chi connectivity index (χ1) is 18.5. The van der Waals surface area contributed by atoms with Crippen LogP contribution in [0, 0.1) is 19.7 Å². The highest BCUT2D eigenvalue weighted by Crippen LogP contribution is 2.39. The number of β-amino-alcohol motifs (C(OH)–C–C–N with tert-alkyl or cyclic N) is 2. The predicted molar refractivity (Wildman–Crippen MR) is 137 cm³/mol. The highest BCUT2D eigenvalue weighted by atomic mass is 19.4. The molecule has 1 aliphatic carbocycles. The Bertz CT molecular complexity index is 1310. The summed E-state index contributed by atoms with van der Waals surface area (Å²) in [5, 5.41) is 31.5. The third-order valence-corrected chi connectivity index (χ3v) is 7.59. The molecule has 0 amide bonds. The van der Waals surface area contributed by atoms with Crippen molar-refractivity contribution in [1.82, 2.24) is 25.1 Å². The van der Waals surface area contributed by atoms with E-state index in [0.717, 1.165) is 36.8 Å². The summed E-state index contributed by atoms with van der Waals surface area (Å²) in [6.45, 7) is 4.52. The maximum absolute atomic E-state index is 15.2. The first kappa shape index (κ1) is 27.3. The zero-order valence-corrected chi connectivity index (χ0v) is 21.6. The van der Waals surface area contributed by atoms with E-state index in [1.165, 1.54) is 12.1 Å². The molecule has 1 aromatic carbocycles. The van der Waals surface area contributed by atoms with Gasteiger partial charge in [-0.05, 0) is 68.7 Å². The third kappa shape index (κ3) is 5.99. The lowest BCUT2D eigenvalue weighted by molar-refractivity contribution is -0.137. The quantitative estimate of drug-likeness (QED) is 0.285. The van der Waals surface area contributed by atoms with E-state index in [2.05, 4.69) is 35.7 Å². The number of anilines is 4. The van der Waals surface area contributed by atoms with Gasteiger partial charge in [-0.25, -0.2) is 9.37 Å². The summed E-state index contributed by atoms with van der Waals surface area (Å²) in [5.41, 5.74) is 1.38. The minimum atomic E-state index is -4.71. The van der Waals surface area contributed by atoms with Crippen LogP contribution in [0.3, 0.4) is 0 Å². The second-order valence-electron chi connectivity index (χ2n) is 10.4. The predicted octanol–water partition coefficient (Wildman–Crippen LogP) is 4.53. The van der Waals surface area contributed by atoms with Crippen molar-refractivity contribution in [2.45, 2.75) is 69.9 Å². The Morgan fingerprint density at radius 3 is 2.31 bits per heavy atom. The van der Waals surface area contributed by atoms with Crippen LogP contribution in [-0.2, 0) is 6.18 Å². The Morgan fingerprint density at radius 2 is 1.69 bits per heavy atom. The zero-order chi connectivity index (χ0) is 27.9. The lowest BCUT2D eigenvalue weighted by Crippen LogP contribution is -2.37. The molecule has 2 atom stereocenters. The van der Waals surface area contributed by atoms with Crippen LogP contribution >= 0.6 is 0 Å². The number of halogens is 4. The summed E-state index contributed by atoms with van der Waals surface area (Å²) in [4.78, 5) is 9.87. The maximum Gasteiger partial charge on any atom is 0.421 e. The van der Waals surface area contributed by atoms with Gasteiger partial charge in [0.15, 0.2) is 5.82 Å². The summed E-state index contributed by atoms with van der Waals surface area (Å²) in [5.74, 6) is -0.933. The van der Waals surface area contributed by atoms with Gasteiger partial charge in [0.1, 0.15) is 17.2 Å². The Balaban J connectivity index is 1.30. The van der Waals surface area contributed by atoms with Crippen molar-refractivity contribution in [2.24, 2.45) is 0 Å². The van der Waals surface area contributed by atoms with Crippen molar-refractivity contribution < 1.29 is 27.8 Å². The Hall–Kier alpha value is -3.29.